The largest absolute Gasteiger partial charge is 0.385 e. The average molecular weight is 287 g/mol. The Morgan fingerprint density at radius 2 is 2.05 bits per heavy atom. The second-order valence-corrected chi connectivity index (χ2v) is 4.90. The Bertz CT molecular complexity index is 669. The molecule has 0 spiro atoms. The lowest BCUT2D eigenvalue weighted by atomic mass is 10.2. The van der Waals surface area contributed by atoms with Crippen molar-refractivity contribution in [3.8, 4) is 5.69 Å². The van der Waals surface area contributed by atoms with Crippen LogP contribution in [0.15, 0.2) is 40.1 Å². The van der Waals surface area contributed by atoms with E-state index in [2.05, 4.69) is 10.1 Å². The molecule has 1 aromatic carbocycles. The molecule has 0 bridgehead atoms. The van der Waals surface area contributed by atoms with Crippen molar-refractivity contribution < 1.29 is 4.74 Å². The number of hydrogen-bond donors (Lipinski definition) is 1. The van der Waals surface area contributed by atoms with Gasteiger partial charge in [-0.15, -0.1) is 0 Å². The predicted molar refractivity (Wildman–Crippen MR) is 84.7 cm³/mol. The van der Waals surface area contributed by atoms with Gasteiger partial charge >= 0.3 is 0 Å². The highest BCUT2D eigenvalue weighted by Gasteiger charge is 2.14. The van der Waals surface area contributed by atoms with E-state index in [1.165, 1.54) is 0 Å². The summed E-state index contributed by atoms with van der Waals surface area (Å²) in [7, 11) is 1.67. The molecule has 0 radical (unpaired) electrons. The number of ether oxygens (including phenoxy) is 1. The van der Waals surface area contributed by atoms with Crippen molar-refractivity contribution in [1.82, 2.24) is 9.78 Å². The number of para-hydroxylation sites is 1. The molecule has 1 aromatic heterocycles. The van der Waals surface area contributed by atoms with Crippen molar-refractivity contribution in [2.75, 3.05) is 20.3 Å². The molecule has 0 unspecified atom stereocenters. The van der Waals surface area contributed by atoms with Gasteiger partial charge in [-0.05, 0) is 32.4 Å². The van der Waals surface area contributed by atoms with Gasteiger partial charge in [0, 0.05) is 31.7 Å². The lowest BCUT2D eigenvalue weighted by Crippen LogP contribution is -2.19. The van der Waals surface area contributed by atoms with E-state index in [1.54, 1.807) is 11.8 Å². The van der Waals surface area contributed by atoms with Crippen molar-refractivity contribution in [1.29, 1.82) is 0 Å². The molecule has 0 saturated carbocycles. The number of methoxy groups -OCH3 is 1. The molecule has 0 fully saturated rings. The molecular weight excluding hydrogens is 266 g/mol. The molecule has 0 aliphatic rings. The van der Waals surface area contributed by atoms with E-state index in [1.807, 2.05) is 44.2 Å². The normalized spacial score (nSPS) is 11.9. The maximum atomic E-state index is 12.5. The monoisotopic (exact) mass is 287 g/mol. The SMILES string of the molecule is COCCCN=C(C)c1c(C)[nH]n(-c2ccccc2)c1=O. The maximum absolute atomic E-state index is 12.5. The summed E-state index contributed by atoms with van der Waals surface area (Å²) in [5.41, 5.74) is 3.00. The predicted octanol–water partition coefficient (Wildman–Crippen LogP) is 2.32. The van der Waals surface area contributed by atoms with Gasteiger partial charge in [-0.25, -0.2) is 4.68 Å². The van der Waals surface area contributed by atoms with Gasteiger partial charge in [-0.3, -0.25) is 14.9 Å². The molecule has 2 rings (SSSR count). The standard InChI is InChI=1S/C16H21N3O2/c1-12(17-10-7-11-21-3)15-13(2)18-19(16(15)20)14-8-5-4-6-9-14/h4-6,8-9,18H,7,10-11H2,1-3H3. The molecule has 1 N–H and O–H groups in total. The van der Waals surface area contributed by atoms with Crippen LogP contribution in [-0.4, -0.2) is 35.8 Å². The number of aromatic amines is 1. The van der Waals surface area contributed by atoms with Gasteiger partial charge in [-0.1, -0.05) is 18.2 Å². The van der Waals surface area contributed by atoms with Gasteiger partial charge in [0.05, 0.1) is 11.3 Å². The Morgan fingerprint density at radius 1 is 1.33 bits per heavy atom. The number of aromatic nitrogens is 2. The summed E-state index contributed by atoms with van der Waals surface area (Å²) >= 11 is 0. The van der Waals surface area contributed by atoms with Crippen molar-refractivity contribution in [2.45, 2.75) is 20.3 Å². The molecule has 0 aliphatic carbocycles. The Labute approximate surface area is 124 Å². The molecule has 21 heavy (non-hydrogen) atoms. The summed E-state index contributed by atoms with van der Waals surface area (Å²) in [5.74, 6) is 0. The van der Waals surface area contributed by atoms with Crippen LogP contribution in [0.5, 0.6) is 0 Å². The van der Waals surface area contributed by atoms with Crippen LogP contribution in [-0.2, 0) is 4.74 Å². The number of hydrogen-bond acceptors (Lipinski definition) is 3. The first kappa shape index (κ1) is 15.3. The molecule has 0 atom stereocenters. The van der Waals surface area contributed by atoms with E-state index < -0.39 is 0 Å². The Hall–Kier alpha value is -2.14. The lowest BCUT2D eigenvalue weighted by molar-refractivity contribution is 0.197. The van der Waals surface area contributed by atoms with E-state index in [0.717, 1.165) is 23.5 Å². The summed E-state index contributed by atoms with van der Waals surface area (Å²) in [6.45, 7) is 5.11. The van der Waals surface area contributed by atoms with Crippen molar-refractivity contribution >= 4 is 5.71 Å². The van der Waals surface area contributed by atoms with E-state index in [9.17, 15) is 4.79 Å². The highest BCUT2D eigenvalue weighted by Crippen LogP contribution is 2.08. The van der Waals surface area contributed by atoms with Gasteiger partial charge < -0.3 is 4.74 Å². The van der Waals surface area contributed by atoms with Crippen LogP contribution in [0.2, 0.25) is 0 Å². The molecule has 0 aliphatic heterocycles. The van der Waals surface area contributed by atoms with Crippen molar-refractivity contribution in [3.05, 3.63) is 51.9 Å². The summed E-state index contributed by atoms with van der Waals surface area (Å²) in [4.78, 5) is 17.0. The third-order valence-corrected chi connectivity index (χ3v) is 3.30. The van der Waals surface area contributed by atoms with E-state index in [4.69, 9.17) is 4.74 Å². The number of aliphatic imine (C=N–C) groups is 1. The molecule has 0 amide bonds. The summed E-state index contributed by atoms with van der Waals surface area (Å²) in [6.07, 6.45) is 0.851. The van der Waals surface area contributed by atoms with Crippen LogP contribution in [0.1, 0.15) is 24.6 Å². The van der Waals surface area contributed by atoms with Gasteiger partial charge in [0.2, 0.25) is 0 Å². The first-order valence-corrected chi connectivity index (χ1v) is 7.02. The number of nitrogens with zero attached hydrogens (tertiary/aromatic N) is 2. The Kier molecular flexibility index (Phi) is 5.11. The smallest absolute Gasteiger partial charge is 0.280 e. The molecule has 1 heterocycles. The number of rotatable bonds is 6. The van der Waals surface area contributed by atoms with Crippen molar-refractivity contribution in [3.63, 3.8) is 0 Å². The summed E-state index contributed by atoms with van der Waals surface area (Å²) in [6, 6.07) is 9.53. The Morgan fingerprint density at radius 3 is 2.71 bits per heavy atom. The third-order valence-electron chi connectivity index (χ3n) is 3.30. The van der Waals surface area contributed by atoms with Crippen LogP contribution >= 0.6 is 0 Å². The van der Waals surface area contributed by atoms with Gasteiger partial charge in [-0.2, -0.15) is 0 Å². The third kappa shape index (κ3) is 3.49. The quantitative estimate of drug-likeness (QED) is 0.654. The zero-order valence-corrected chi connectivity index (χ0v) is 12.7. The minimum absolute atomic E-state index is 0.0632. The van der Waals surface area contributed by atoms with Crippen LogP contribution in [0.25, 0.3) is 5.69 Å². The lowest BCUT2D eigenvalue weighted by Gasteiger charge is -2.00. The van der Waals surface area contributed by atoms with Crippen molar-refractivity contribution in [2.24, 2.45) is 4.99 Å². The second-order valence-electron chi connectivity index (χ2n) is 4.90. The summed E-state index contributed by atoms with van der Waals surface area (Å²) < 4.78 is 6.55. The molecular formula is C16H21N3O2. The fourth-order valence-electron chi connectivity index (χ4n) is 2.27. The second kappa shape index (κ2) is 7.04. The topological polar surface area (TPSA) is 59.4 Å². The molecule has 0 saturated heterocycles. The van der Waals surface area contributed by atoms with Gasteiger partial charge in [0.15, 0.2) is 0 Å². The summed E-state index contributed by atoms with van der Waals surface area (Å²) in [5, 5.41) is 3.11. The fraction of sp³-hybridized carbons (Fsp3) is 0.375. The number of H-pyrrole nitrogens is 1. The molecule has 5 nitrogen and oxygen atoms in total. The van der Waals surface area contributed by atoms with Crippen LogP contribution in [0.3, 0.4) is 0 Å². The van der Waals surface area contributed by atoms with Crippen LogP contribution in [0, 0.1) is 6.92 Å². The number of benzene rings is 1. The average Bonchev–Trinajstić information content (AvgIpc) is 2.79. The highest BCUT2D eigenvalue weighted by molar-refractivity contribution is 5.99. The fourth-order valence-corrected chi connectivity index (χ4v) is 2.27. The molecule has 2 aromatic rings. The van der Waals surface area contributed by atoms with Crippen LogP contribution < -0.4 is 5.56 Å². The minimum Gasteiger partial charge on any atom is -0.385 e. The van der Waals surface area contributed by atoms with E-state index in [0.29, 0.717) is 18.7 Å². The zero-order valence-electron chi connectivity index (χ0n) is 12.7. The Balaban J connectivity index is 2.30. The van der Waals surface area contributed by atoms with E-state index >= 15 is 0 Å². The van der Waals surface area contributed by atoms with Crippen LogP contribution in [0.4, 0.5) is 0 Å². The first-order chi connectivity index (χ1) is 10.1. The highest BCUT2D eigenvalue weighted by atomic mass is 16.5. The maximum Gasteiger partial charge on any atom is 0.280 e. The van der Waals surface area contributed by atoms with Gasteiger partial charge in [0.1, 0.15) is 0 Å². The molecule has 5 heteroatoms. The number of nitrogens with one attached hydrogen (secondary N) is 1. The number of aryl methyl sites for hydroxylation is 1. The van der Waals surface area contributed by atoms with E-state index in [-0.39, 0.29) is 5.56 Å². The molecule has 112 valence electrons. The van der Waals surface area contributed by atoms with Gasteiger partial charge in [0.25, 0.3) is 5.56 Å². The zero-order chi connectivity index (χ0) is 15.2. The minimum atomic E-state index is -0.0632. The first-order valence-electron chi connectivity index (χ1n) is 7.02.